The molecular weight excluding hydrogens is 338 g/mol. The average Bonchev–Trinajstić information content (AvgIpc) is 2.69. The maximum Gasteiger partial charge on any atom is 0.148 e. The fourth-order valence-corrected chi connectivity index (χ4v) is 2.17. The Labute approximate surface area is 149 Å². The van der Waals surface area contributed by atoms with Gasteiger partial charge in [0, 0.05) is 6.54 Å². The number of benzene rings is 2. The molecule has 0 aliphatic carbocycles. The summed E-state index contributed by atoms with van der Waals surface area (Å²) < 4.78 is 0. The molecule has 6 N–H and O–H groups in total. The minimum absolute atomic E-state index is 0.434. The molecule has 25 heavy (non-hydrogen) atoms. The molecule has 2 aromatic carbocycles. The van der Waals surface area contributed by atoms with Crippen LogP contribution in [-0.2, 0) is 6.54 Å². The lowest BCUT2D eigenvalue weighted by atomic mass is 10.3. The fourth-order valence-electron chi connectivity index (χ4n) is 2.03. The molecule has 4 aromatic rings. The molecule has 0 bridgehead atoms. The lowest BCUT2D eigenvalue weighted by Crippen LogP contribution is -2.02. The Kier molecular flexibility index (Phi) is 7.12. The molecule has 2 aromatic heterocycles. The molecule has 2 heterocycles. The zero-order valence-corrected chi connectivity index (χ0v) is 14.1. The fraction of sp³-hybridized carbons (Fsp3) is 0.0588. The van der Waals surface area contributed by atoms with E-state index in [4.69, 9.17) is 17.3 Å². The van der Waals surface area contributed by atoms with Crippen molar-refractivity contribution in [1.29, 1.82) is 0 Å². The standard InChI is InChI=1S/C9H9N3.C8H5ClN2.H4N2/c10-5-7-6-11-8-3-1-2-4-9(8)12-7;9-8-5-10-6-3-1-2-4-7(6)11-8;1-2/h1-4,6H,5,10H2;1-5H;1-2H2. The molecule has 0 saturated carbocycles. The maximum atomic E-state index is 5.65. The van der Waals surface area contributed by atoms with E-state index in [1.54, 1.807) is 12.4 Å². The monoisotopic (exact) mass is 355 g/mol. The summed E-state index contributed by atoms with van der Waals surface area (Å²) in [4.78, 5) is 16.7. The van der Waals surface area contributed by atoms with Gasteiger partial charge < -0.3 is 5.73 Å². The highest BCUT2D eigenvalue weighted by Crippen LogP contribution is 2.10. The lowest BCUT2D eigenvalue weighted by Gasteiger charge is -1.97. The summed E-state index contributed by atoms with van der Waals surface area (Å²) >= 11 is 5.65. The van der Waals surface area contributed by atoms with Crippen LogP contribution < -0.4 is 17.4 Å². The number of hydrogen-bond acceptors (Lipinski definition) is 7. The zero-order chi connectivity index (χ0) is 18.1. The predicted molar refractivity (Wildman–Crippen MR) is 100 cm³/mol. The highest BCUT2D eigenvalue weighted by molar-refractivity contribution is 6.29. The summed E-state index contributed by atoms with van der Waals surface area (Å²) in [7, 11) is 0. The first-order valence-electron chi connectivity index (χ1n) is 7.37. The third-order valence-electron chi connectivity index (χ3n) is 3.13. The smallest absolute Gasteiger partial charge is 0.148 e. The van der Waals surface area contributed by atoms with Crippen LogP contribution in [0.1, 0.15) is 5.69 Å². The Morgan fingerprint density at radius 3 is 1.76 bits per heavy atom. The molecule has 0 unspecified atom stereocenters. The predicted octanol–water partition coefficient (Wildman–Crippen LogP) is 2.19. The van der Waals surface area contributed by atoms with Crippen LogP contribution in [0.5, 0.6) is 0 Å². The molecule has 7 nitrogen and oxygen atoms in total. The van der Waals surface area contributed by atoms with Crippen molar-refractivity contribution in [3.63, 3.8) is 0 Å². The molecule has 0 atom stereocenters. The molecule has 0 fully saturated rings. The summed E-state index contributed by atoms with van der Waals surface area (Å²) in [6.07, 6.45) is 3.26. The van der Waals surface area contributed by atoms with E-state index in [1.165, 1.54) is 0 Å². The number of halogens is 1. The van der Waals surface area contributed by atoms with Crippen LogP contribution in [0.4, 0.5) is 0 Å². The van der Waals surface area contributed by atoms with E-state index in [0.29, 0.717) is 11.7 Å². The van der Waals surface area contributed by atoms with Crippen molar-refractivity contribution in [1.82, 2.24) is 19.9 Å². The van der Waals surface area contributed by atoms with Crippen LogP contribution >= 0.6 is 11.6 Å². The van der Waals surface area contributed by atoms with Crippen molar-refractivity contribution < 1.29 is 0 Å². The van der Waals surface area contributed by atoms with E-state index in [1.807, 2.05) is 48.5 Å². The van der Waals surface area contributed by atoms with E-state index in [-0.39, 0.29) is 0 Å². The Hall–Kier alpha value is -2.71. The van der Waals surface area contributed by atoms with Crippen LogP contribution in [-0.4, -0.2) is 19.9 Å². The van der Waals surface area contributed by atoms with Gasteiger partial charge in [0.1, 0.15) is 5.15 Å². The van der Waals surface area contributed by atoms with Crippen molar-refractivity contribution in [2.45, 2.75) is 6.54 Å². The first kappa shape index (κ1) is 18.6. The van der Waals surface area contributed by atoms with Crippen molar-refractivity contribution in [2.75, 3.05) is 0 Å². The van der Waals surface area contributed by atoms with Gasteiger partial charge in [-0.3, -0.25) is 21.7 Å². The molecule has 128 valence electrons. The average molecular weight is 356 g/mol. The molecule has 0 aliphatic heterocycles. The quantitative estimate of drug-likeness (QED) is 0.352. The second-order valence-corrected chi connectivity index (χ2v) is 5.12. The van der Waals surface area contributed by atoms with Crippen molar-refractivity contribution >= 4 is 33.7 Å². The van der Waals surface area contributed by atoms with E-state index in [0.717, 1.165) is 27.8 Å². The number of para-hydroxylation sites is 4. The van der Waals surface area contributed by atoms with Gasteiger partial charge in [0.25, 0.3) is 0 Å². The van der Waals surface area contributed by atoms with Crippen molar-refractivity contribution in [2.24, 2.45) is 17.4 Å². The van der Waals surface area contributed by atoms with E-state index >= 15 is 0 Å². The molecule has 8 heteroatoms. The van der Waals surface area contributed by atoms with Gasteiger partial charge in [-0.1, -0.05) is 35.9 Å². The van der Waals surface area contributed by atoms with Crippen molar-refractivity contribution in [3.05, 3.63) is 71.8 Å². The van der Waals surface area contributed by atoms with E-state index in [9.17, 15) is 0 Å². The van der Waals surface area contributed by atoms with Crippen LogP contribution in [0, 0.1) is 0 Å². The van der Waals surface area contributed by atoms with E-state index in [2.05, 4.69) is 31.6 Å². The van der Waals surface area contributed by atoms with Gasteiger partial charge >= 0.3 is 0 Å². The third kappa shape index (κ3) is 5.13. The van der Waals surface area contributed by atoms with Gasteiger partial charge in [0.15, 0.2) is 0 Å². The second-order valence-electron chi connectivity index (χ2n) is 4.74. The molecule has 0 aliphatic rings. The lowest BCUT2D eigenvalue weighted by molar-refractivity contribution is 0.987. The number of aromatic nitrogens is 4. The highest BCUT2D eigenvalue weighted by atomic mass is 35.5. The number of hydrogen-bond donors (Lipinski definition) is 3. The van der Waals surface area contributed by atoms with Crippen LogP contribution in [0.2, 0.25) is 5.15 Å². The summed E-state index contributed by atoms with van der Waals surface area (Å²) in [5, 5.41) is 0.434. The number of nitrogens with two attached hydrogens (primary N) is 3. The second kappa shape index (κ2) is 9.55. The first-order valence-corrected chi connectivity index (χ1v) is 7.75. The summed E-state index contributed by atoms with van der Waals surface area (Å²) in [6.45, 7) is 0.442. The normalized spacial score (nSPS) is 9.76. The van der Waals surface area contributed by atoms with E-state index < -0.39 is 0 Å². The van der Waals surface area contributed by atoms with Crippen LogP contribution in [0.3, 0.4) is 0 Å². The minimum Gasteiger partial charge on any atom is -0.325 e. The van der Waals surface area contributed by atoms with Gasteiger partial charge in [-0.2, -0.15) is 0 Å². The van der Waals surface area contributed by atoms with Gasteiger partial charge in [-0.05, 0) is 24.3 Å². The number of rotatable bonds is 1. The molecular formula is C17H18ClN7. The minimum atomic E-state index is 0.434. The molecule has 0 radical (unpaired) electrons. The van der Waals surface area contributed by atoms with Crippen molar-refractivity contribution in [3.8, 4) is 0 Å². The third-order valence-corrected chi connectivity index (χ3v) is 3.31. The molecule has 4 rings (SSSR count). The Morgan fingerprint density at radius 2 is 1.20 bits per heavy atom. The largest absolute Gasteiger partial charge is 0.325 e. The first-order chi connectivity index (χ1) is 12.3. The molecule has 0 saturated heterocycles. The summed E-state index contributed by atoms with van der Waals surface area (Å²) in [5.74, 6) is 8.00. The van der Waals surface area contributed by atoms with Crippen LogP contribution in [0.15, 0.2) is 60.9 Å². The molecule has 0 amide bonds. The van der Waals surface area contributed by atoms with Gasteiger partial charge in [-0.15, -0.1) is 0 Å². The summed E-state index contributed by atoms with van der Waals surface area (Å²) in [6, 6.07) is 15.4. The SMILES string of the molecule is Clc1cnc2ccccc2n1.NCc1cnc2ccccc2n1.NN. The zero-order valence-electron chi connectivity index (χ0n) is 13.4. The Morgan fingerprint density at radius 1 is 0.720 bits per heavy atom. The van der Waals surface area contributed by atoms with Crippen LogP contribution in [0.25, 0.3) is 22.1 Å². The Bertz CT molecular complexity index is 946. The van der Waals surface area contributed by atoms with Gasteiger partial charge in [-0.25, -0.2) is 9.97 Å². The summed E-state index contributed by atoms with van der Waals surface area (Å²) in [5.41, 5.74) is 9.79. The van der Waals surface area contributed by atoms with Gasteiger partial charge in [0.2, 0.25) is 0 Å². The highest BCUT2D eigenvalue weighted by Gasteiger charge is 1.95. The molecule has 0 spiro atoms. The number of fused-ring (bicyclic) bond motifs is 2. The Balaban J connectivity index is 0.000000165. The maximum absolute atomic E-state index is 5.65. The van der Waals surface area contributed by atoms with Gasteiger partial charge in [0.05, 0.1) is 40.2 Å². The number of hydrazine groups is 1. The topological polar surface area (TPSA) is 130 Å². The number of nitrogens with zero attached hydrogens (tertiary/aromatic N) is 4.